The predicted octanol–water partition coefficient (Wildman–Crippen LogP) is 3.84. The number of rotatable bonds is 2. The Morgan fingerprint density at radius 2 is 1.85 bits per heavy atom. The lowest BCUT2D eigenvalue weighted by Crippen LogP contribution is -2.42. The van der Waals surface area contributed by atoms with Gasteiger partial charge in [0.2, 0.25) is 0 Å². The number of nitrogens with zero attached hydrogens (tertiary/aromatic N) is 5. The number of likely N-dealkylation sites (tertiary alicyclic amines) is 1. The van der Waals surface area contributed by atoms with Gasteiger partial charge in [-0.15, -0.1) is 0 Å². The zero-order valence-electron chi connectivity index (χ0n) is 14.3. The van der Waals surface area contributed by atoms with Crippen LogP contribution in [0.3, 0.4) is 0 Å². The van der Waals surface area contributed by atoms with E-state index in [1.165, 1.54) is 11.1 Å². The fourth-order valence-electron chi connectivity index (χ4n) is 3.11. The van der Waals surface area contributed by atoms with Gasteiger partial charge in [-0.25, -0.2) is 23.6 Å². The van der Waals surface area contributed by atoms with E-state index in [0.717, 1.165) is 5.69 Å². The fraction of sp³-hybridized carbons (Fsp3) is 0.263. The third-order valence-corrected chi connectivity index (χ3v) is 4.67. The molecule has 0 atom stereocenters. The van der Waals surface area contributed by atoms with Gasteiger partial charge in [-0.2, -0.15) is 0 Å². The molecule has 27 heavy (non-hydrogen) atoms. The minimum Gasteiger partial charge on any atom is -0.338 e. The number of hydrogen-bond donors (Lipinski definition) is 0. The standard InChI is InChI=1S/C19H15F2N5O/c1-22-14-2-4-15(5-3-14)26-12-24-16-10-13(11-23-17(16)26)18(27)25-8-6-19(20,21)7-9-25/h2-5,10-12H,6-9H2. The second-order valence-electron chi connectivity index (χ2n) is 6.46. The monoisotopic (exact) mass is 367 g/mol. The summed E-state index contributed by atoms with van der Waals surface area (Å²) in [5.41, 5.74) is 2.79. The first-order valence-electron chi connectivity index (χ1n) is 8.45. The minimum atomic E-state index is -2.69. The molecule has 3 aromatic rings. The summed E-state index contributed by atoms with van der Waals surface area (Å²) in [5.74, 6) is -3.00. The van der Waals surface area contributed by atoms with Gasteiger partial charge in [-0.05, 0) is 18.2 Å². The van der Waals surface area contributed by atoms with E-state index in [1.54, 1.807) is 41.2 Å². The van der Waals surface area contributed by atoms with E-state index in [0.29, 0.717) is 22.4 Å². The summed E-state index contributed by atoms with van der Waals surface area (Å²) in [7, 11) is 0. The number of benzene rings is 1. The van der Waals surface area contributed by atoms with Crippen molar-refractivity contribution in [3.8, 4) is 5.69 Å². The van der Waals surface area contributed by atoms with Gasteiger partial charge in [0.1, 0.15) is 11.8 Å². The number of halogens is 2. The molecule has 0 spiro atoms. The number of pyridine rings is 1. The van der Waals surface area contributed by atoms with Gasteiger partial charge in [0.25, 0.3) is 11.8 Å². The lowest BCUT2D eigenvalue weighted by Gasteiger charge is -2.31. The van der Waals surface area contributed by atoms with Crippen LogP contribution in [0, 0.1) is 6.57 Å². The van der Waals surface area contributed by atoms with Crippen molar-refractivity contribution in [2.45, 2.75) is 18.8 Å². The van der Waals surface area contributed by atoms with E-state index in [4.69, 9.17) is 6.57 Å². The molecule has 1 amide bonds. The van der Waals surface area contributed by atoms with Crippen LogP contribution in [0.15, 0.2) is 42.9 Å². The van der Waals surface area contributed by atoms with Crippen molar-refractivity contribution in [1.82, 2.24) is 19.4 Å². The summed E-state index contributed by atoms with van der Waals surface area (Å²) in [6.07, 6.45) is 2.41. The normalized spacial score (nSPS) is 16.3. The van der Waals surface area contributed by atoms with Crippen molar-refractivity contribution >= 4 is 22.8 Å². The third kappa shape index (κ3) is 3.24. The van der Waals surface area contributed by atoms with Gasteiger partial charge >= 0.3 is 0 Å². The molecule has 2 aromatic heterocycles. The quantitative estimate of drug-likeness (QED) is 0.647. The number of carbonyl (C=O) groups excluding carboxylic acids is 1. The van der Waals surface area contributed by atoms with Crippen molar-refractivity contribution in [1.29, 1.82) is 0 Å². The first-order valence-corrected chi connectivity index (χ1v) is 8.45. The number of imidazole rings is 1. The van der Waals surface area contributed by atoms with Gasteiger partial charge in [-0.3, -0.25) is 9.36 Å². The molecule has 0 aliphatic carbocycles. The summed E-state index contributed by atoms with van der Waals surface area (Å²) in [6.45, 7) is 7.07. The smallest absolute Gasteiger partial charge is 0.255 e. The van der Waals surface area contributed by atoms with Crippen molar-refractivity contribution in [3.63, 3.8) is 0 Å². The SMILES string of the molecule is [C-]#[N+]c1ccc(-n2cnc3cc(C(=O)N4CCC(F)(F)CC4)cnc32)cc1. The number of piperidine rings is 1. The molecule has 136 valence electrons. The molecule has 0 bridgehead atoms. The van der Waals surface area contributed by atoms with Crippen molar-refractivity contribution < 1.29 is 13.6 Å². The first kappa shape index (κ1) is 17.1. The highest BCUT2D eigenvalue weighted by atomic mass is 19.3. The molecule has 0 N–H and O–H groups in total. The maximum absolute atomic E-state index is 13.3. The molecule has 0 unspecified atom stereocenters. The highest BCUT2D eigenvalue weighted by molar-refractivity contribution is 5.96. The Balaban J connectivity index is 1.60. The average Bonchev–Trinajstić information content (AvgIpc) is 3.10. The Morgan fingerprint density at radius 3 is 2.52 bits per heavy atom. The Labute approximate surface area is 153 Å². The molecule has 8 heteroatoms. The summed E-state index contributed by atoms with van der Waals surface area (Å²) in [6, 6.07) is 8.63. The van der Waals surface area contributed by atoms with E-state index in [1.807, 2.05) is 0 Å². The Bertz CT molecular complexity index is 1040. The summed E-state index contributed by atoms with van der Waals surface area (Å²) in [4.78, 5) is 26.0. The van der Waals surface area contributed by atoms with Crippen LogP contribution in [-0.2, 0) is 0 Å². The zero-order valence-corrected chi connectivity index (χ0v) is 14.3. The highest BCUT2D eigenvalue weighted by Crippen LogP contribution is 2.28. The van der Waals surface area contributed by atoms with Gasteiger partial charge < -0.3 is 4.90 Å². The number of alkyl halides is 2. The average molecular weight is 367 g/mol. The Morgan fingerprint density at radius 1 is 1.15 bits per heavy atom. The molecular formula is C19H15F2N5O. The minimum absolute atomic E-state index is 0.0334. The van der Waals surface area contributed by atoms with Crippen LogP contribution >= 0.6 is 0 Å². The van der Waals surface area contributed by atoms with Crippen LogP contribution in [0.4, 0.5) is 14.5 Å². The molecule has 1 fully saturated rings. The largest absolute Gasteiger partial charge is 0.338 e. The van der Waals surface area contributed by atoms with Gasteiger partial charge in [0.15, 0.2) is 11.3 Å². The molecule has 4 rings (SSSR count). The summed E-state index contributed by atoms with van der Waals surface area (Å²) in [5, 5.41) is 0. The maximum Gasteiger partial charge on any atom is 0.255 e. The zero-order chi connectivity index (χ0) is 19.0. The van der Waals surface area contributed by atoms with E-state index in [-0.39, 0.29) is 31.8 Å². The van der Waals surface area contributed by atoms with Crippen LogP contribution in [0.5, 0.6) is 0 Å². The van der Waals surface area contributed by atoms with Crippen LogP contribution < -0.4 is 0 Å². The predicted molar refractivity (Wildman–Crippen MR) is 95.2 cm³/mol. The fourth-order valence-corrected chi connectivity index (χ4v) is 3.11. The van der Waals surface area contributed by atoms with Crippen LogP contribution in [0.25, 0.3) is 21.7 Å². The third-order valence-electron chi connectivity index (χ3n) is 4.67. The Hall–Kier alpha value is -3.34. The van der Waals surface area contributed by atoms with Gasteiger partial charge in [0.05, 0.1) is 12.1 Å². The van der Waals surface area contributed by atoms with Crippen LogP contribution in [0.1, 0.15) is 23.2 Å². The highest BCUT2D eigenvalue weighted by Gasteiger charge is 2.35. The Kier molecular flexibility index (Phi) is 4.07. The number of aromatic nitrogens is 3. The number of amides is 1. The van der Waals surface area contributed by atoms with E-state index in [9.17, 15) is 13.6 Å². The maximum atomic E-state index is 13.3. The number of hydrogen-bond acceptors (Lipinski definition) is 3. The van der Waals surface area contributed by atoms with E-state index >= 15 is 0 Å². The molecular weight excluding hydrogens is 352 g/mol. The van der Waals surface area contributed by atoms with Gasteiger partial charge in [0, 0.05) is 37.8 Å². The summed E-state index contributed by atoms with van der Waals surface area (Å²) >= 11 is 0. The van der Waals surface area contributed by atoms with Crippen molar-refractivity contribution in [2.24, 2.45) is 0 Å². The van der Waals surface area contributed by atoms with Crippen molar-refractivity contribution in [3.05, 3.63) is 59.8 Å². The molecule has 1 aromatic carbocycles. The topological polar surface area (TPSA) is 55.4 Å². The molecule has 1 aliphatic rings. The number of fused-ring (bicyclic) bond motifs is 1. The molecule has 6 nitrogen and oxygen atoms in total. The van der Waals surface area contributed by atoms with Crippen LogP contribution in [0.2, 0.25) is 0 Å². The lowest BCUT2D eigenvalue weighted by atomic mass is 10.1. The van der Waals surface area contributed by atoms with Crippen LogP contribution in [-0.4, -0.2) is 44.4 Å². The second kappa shape index (κ2) is 6.43. The van der Waals surface area contributed by atoms with Crippen molar-refractivity contribution in [2.75, 3.05) is 13.1 Å². The lowest BCUT2D eigenvalue weighted by molar-refractivity contribution is -0.0494. The summed E-state index contributed by atoms with van der Waals surface area (Å²) < 4.78 is 28.3. The van der Waals surface area contributed by atoms with E-state index < -0.39 is 5.92 Å². The molecule has 1 saturated heterocycles. The molecule has 3 heterocycles. The molecule has 0 saturated carbocycles. The van der Waals surface area contributed by atoms with Gasteiger partial charge in [-0.1, -0.05) is 12.1 Å². The van der Waals surface area contributed by atoms with E-state index in [2.05, 4.69) is 14.8 Å². The number of carbonyl (C=O) groups is 1. The second-order valence-corrected chi connectivity index (χ2v) is 6.46. The molecule has 0 radical (unpaired) electrons. The first-order chi connectivity index (χ1) is 13.0. The molecule has 1 aliphatic heterocycles.